The van der Waals surface area contributed by atoms with E-state index in [1.807, 2.05) is 19.1 Å². The number of thiazole rings is 1. The van der Waals surface area contributed by atoms with Crippen LogP contribution >= 0.6 is 11.3 Å². The number of hydrogen-bond acceptors (Lipinski definition) is 9. The lowest BCUT2D eigenvalue weighted by Crippen LogP contribution is -2.44. The van der Waals surface area contributed by atoms with Crippen LogP contribution in [0.15, 0.2) is 36.4 Å². The van der Waals surface area contributed by atoms with Gasteiger partial charge in [0.25, 0.3) is 0 Å². The Bertz CT molecular complexity index is 1060. The quantitative estimate of drug-likeness (QED) is 0.595. The average Bonchev–Trinajstić information content (AvgIpc) is 3.22. The standard InChI is InChI=1S/C24H31N7OS/c1-18-25-21(16-22(26-18)31-10-8-29(2)9-11-31)27-24-28-23(19-6-4-3-5-7-19)20(33-24)17-30-12-14-32-15-13-30/h3-7,16H,8-15,17H2,1-2H3,(H,25,26,27,28). The predicted molar refractivity (Wildman–Crippen MR) is 133 cm³/mol. The van der Waals surface area contributed by atoms with E-state index in [9.17, 15) is 0 Å². The molecule has 2 fully saturated rings. The van der Waals surface area contributed by atoms with Crippen LogP contribution < -0.4 is 10.2 Å². The van der Waals surface area contributed by atoms with Crippen molar-refractivity contribution < 1.29 is 4.74 Å². The number of nitrogens with one attached hydrogen (secondary N) is 1. The fraction of sp³-hybridized carbons (Fsp3) is 0.458. The van der Waals surface area contributed by atoms with Crippen molar-refractivity contribution in [2.24, 2.45) is 0 Å². The van der Waals surface area contributed by atoms with Crippen LogP contribution in [0.3, 0.4) is 0 Å². The van der Waals surface area contributed by atoms with Crippen molar-refractivity contribution >= 4 is 28.1 Å². The van der Waals surface area contributed by atoms with Crippen LogP contribution in [0.5, 0.6) is 0 Å². The Hall–Kier alpha value is -2.59. The molecule has 8 nitrogen and oxygen atoms in total. The summed E-state index contributed by atoms with van der Waals surface area (Å²) < 4.78 is 5.53. The predicted octanol–water partition coefficient (Wildman–Crippen LogP) is 3.24. The number of morpholine rings is 1. The van der Waals surface area contributed by atoms with Gasteiger partial charge in [-0.1, -0.05) is 41.7 Å². The van der Waals surface area contributed by atoms with Gasteiger partial charge in [-0.05, 0) is 14.0 Å². The maximum Gasteiger partial charge on any atom is 0.189 e. The second kappa shape index (κ2) is 10.1. The van der Waals surface area contributed by atoms with Crippen molar-refractivity contribution in [1.82, 2.24) is 24.8 Å². The number of rotatable bonds is 6. The first-order chi connectivity index (χ1) is 16.1. The van der Waals surface area contributed by atoms with Crippen LogP contribution in [-0.2, 0) is 11.3 Å². The zero-order chi connectivity index (χ0) is 22.6. The summed E-state index contributed by atoms with van der Waals surface area (Å²) in [5.41, 5.74) is 2.18. The number of aryl methyl sites for hydroxylation is 1. The van der Waals surface area contributed by atoms with Gasteiger partial charge < -0.3 is 19.9 Å². The molecule has 4 heterocycles. The summed E-state index contributed by atoms with van der Waals surface area (Å²) in [7, 11) is 2.16. The third-order valence-electron chi connectivity index (χ3n) is 6.10. The molecule has 33 heavy (non-hydrogen) atoms. The Morgan fingerprint density at radius 2 is 1.73 bits per heavy atom. The summed E-state index contributed by atoms with van der Waals surface area (Å²) in [6, 6.07) is 12.5. The van der Waals surface area contributed by atoms with Gasteiger partial charge in [-0.25, -0.2) is 15.0 Å². The van der Waals surface area contributed by atoms with Gasteiger partial charge in [0.15, 0.2) is 5.13 Å². The van der Waals surface area contributed by atoms with E-state index in [4.69, 9.17) is 14.7 Å². The molecule has 3 aromatic rings. The Labute approximate surface area is 199 Å². The topological polar surface area (TPSA) is 69.7 Å². The minimum Gasteiger partial charge on any atom is -0.379 e. The van der Waals surface area contributed by atoms with Gasteiger partial charge in [-0.15, -0.1) is 0 Å². The maximum atomic E-state index is 5.53. The third-order valence-corrected chi connectivity index (χ3v) is 7.06. The first kappa shape index (κ1) is 22.2. The van der Waals surface area contributed by atoms with Crippen LogP contribution in [0.4, 0.5) is 16.8 Å². The highest BCUT2D eigenvalue weighted by Crippen LogP contribution is 2.34. The minimum absolute atomic E-state index is 0.766. The molecule has 9 heteroatoms. The van der Waals surface area contributed by atoms with Gasteiger partial charge in [0.05, 0.1) is 18.9 Å². The molecule has 2 aliphatic heterocycles. The summed E-state index contributed by atoms with van der Waals surface area (Å²) >= 11 is 1.71. The van der Waals surface area contributed by atoms with Gasteiger partial charge in [0, 0.05) is 62.3 Å². The molecule has 0 radical (unpaired) electrons. The van der Waals surface area contributed by atoms with Crippen molar-refractivity contribution in [2.75, 3.05) is 69.7 Å². The van der Waals surface area contributed by atoms with E-state index in [0.717, 1.165) is 92.9 Å². The lowest BCUT2D eigenvalue weighted by molar-refractivity contribution is 0.0347. The fourth-order valence-electron chi connectivity index (χ4n) is 4.22. The number of ether oxygens (including phenoxy) is 1. The fourth-order valence-corrected chi connectivity index (χ4v) is 5.25. The summed E-state index contributed by atoms with van der Waals surface area (Å²) in [5, 5.41) is 4.34. The molecule has 1 aromatic carbocycles. The number of piperazine rings is 1. The molecule has 2 aromatic heterocycles. The molecule has 0 saturated carbocycles. The monoisotopic (exact) mass is 465 g/mol. The highest BCUT2D eigenvalue weighted by molar-refractivity contribution is 7.16. The number of hydrogen-bond donors (Lipinski definition) is 1. The second-order valence-electron chi connectivity index (χ2n) is 8.62. The Morgan fingerprint density at radius 3 is 2.48 bits per heavy atom. The zero-order valence-corrected chi connectivity index (χ0v) is 20.1. The van der Waals surface area contributed by atoms with Crippen LogP contribution in [0, 0.1) is 6.92 Å². The molecule has 2 aliphatic rings. The van der Waals surface area contributed by atoms with E-state index in [1.165, 1.54) is 4.88 Å². The van der Waals surface area contributed by atoms with Crippen LogP contribution in [0.1, 0.15) is 10.7 Å². The van der Waals surface area contributed by atoms with E-state index in [0.29, 0.717) is 0 Å². The molecule has 0 atom stereocenters. The molecule has 2 saturated heterocycles. The van der Waals surface area contributed by atoms with Crippen molar-refractivity contribution in [1.29, 1.82) is 0 Å². The summed E-state index contributed by atoms with van der Waals surface area (Å²) in [6.07, 6.45) is 0. The molecule has 0 unspecified atom stereocenters. The molecular formula is C24H31N7OS. The summed E-state index contributed by atoms with van der Waals surface area (Å²) in [4.78, 5) is 22.7. The Balaban J connectivity index is 1.40. The van der Waals surface area contributed by atoms with Gasteiger partial charge >= 0.3 is 0 Å². The molecule has 0 aliphatic carbocycles. The Kier molecular flexibility index (Phi) is 6.82. The van der Waals surface area contributed by atoms with Crippen LogP contribution in [0.2, 0.25) is 0 Å². The molecule has 1 N–H and O–H groups in total. The van der Waals surface area contributed by atoms with Gasteiger partial charge in [0.1, 0.15) is 17.5 Å². The summed E-state index contributed by atoms with van der Waals surface area (Å²) in [5.74, 6) is 2.54. The van der Waals surface area contributed by atoms with Gasteiger partial charge in [0.2, 0.25) is 0 Å². The Morgan fingerprint density at radius 1 is 0.970 bits per heavy atom. The number of nitrogens with zero attached hydrogens (tertiary/aromatic N) is 6. The van der Waals surface area contributed by atoms with E-state index >= 15 is 0 Å². The zero-order valence-electron chi connectivity index (χ0n) is 19.3. The minimum atomic E-state index is 0.766. The maximum absolute atomic E-state index is 5.53. The highest BCUT2D eigenvalue weighted by Gasteiger charge is 2.20. The first-order valence-electron chi connectivity index (χ1n) is 11.6. The number of anilines is 3. The van der Waals surface area contributed by atoms with Crippen molar-refractivity contribution in [3.8, 4) is 11.3 Å². The number of aromatic nitrogens is 3. The normalized spacial score (nSPS) is 17.9. The van der Waals surface area contributed by atoms with E-state index in [2.05, 4.69) is 56.3 Å². The van der Waals surface area contributed by atoms with Gasteiger partial charge in [-0.2, -0.15) is 0 Å². The lowest BCUT2D eigenvalue weighted by Gasteiger charge is -2.33. The van der Waals surface area contributed by atoms with Crippen LogP contribution in [0.25, 0.3) is 11.3 Å². The van der Waals surface area contributed by atoms with E-state index in [1.54, 1.807) is 11.3 Å². The first-order valence-corrected chi connectivity index (χ1v) is 12.4. The largest absolute Gasteiger partial charge is 0.379 e. The molecule has 0 spiro atoms. The average molecular weight is 466 g/mol. The summed E-state index contributed by atoms with van der Waals surface area (Å²) in [6.45, 7) is 10.4. The lowest BCUT2D eigenvalue weighted by atomic mass is 10.1. The van der Waals surface area contributed by atoms with E-state index < -0.39 is 0 Å². The third kappa shape index (κ3) is 5.50. The second-order valence-corrected chi connectivity index (χ2v) is 9.70. The molecule has 0 bridgehead atoms. The molecule has 5 rings (SSSR count). The van der Waals surface area contributed by atoms with Crippen molar-refractivity contribution in [3.05, 3.63) is 47.1 Å². The van der Waals surface area contributed by atoms with Crippen molar-refractivity contribution in [2.45, 2.75) is 13.5 Å². The SMILES string of the molecule is Cc1nc(Nc2nc(-c3ccccc3)c(CN3CCOCC3)s2)cc(N2CCN(C)CC2)n1. The smallest absolute Gasteiger partial charge is 0.189 e. The highest BCUT2D eigenvalue weighted by atomic mass is 32.1. The number of benzene rings is 1. The van der Waals surface area contributed by atoms with Crippen molar-refractivity contribution in [3.63, 3.8) is 0 Å². The number of likely N-dealkylation sites (N-methyl/N-ethyl adjacent to an activating group) is 1. The molecular weight excluding hydrogens is 434 g/mol. The molecule has 174 valence electrons. The van der Waals surface area contributed by atoms with Crippen LogP contribution in [-0.4, -0.2) is 84.3 Å². The molecule has 0 amide bonds. The van der Waals surface area contributed by atoms with Gasteiger partial charge in [-0.3, -0.25) is 4.90 Å². The van der Waals surface area contributed by atoms with E-state index in [-0.39, 0.29) is 0 Å².